The molecule has 162 valence electrons. The summed E-state index contributed by atoms with van der Waals surface area (Å²) in [6, 6.07) is 13.9. The lowest BCUT2D eigenvalue weighted by molar-refractivity contribution is -0.137. The minimum Gasteiger partial charge on any atom is -0.451 e. The predicted molar refractivity (Wildman–Crippen MR) is 109 cm³/mol. The first-order chi connectivity index (χ1) is 14.8. The molecule has 0 bridgehead atoms. The fraction of sp³-hybridized carbons (Fsp3) is 0.304. The van der Waals surface area contributed by atoms with Crippen LogP contribution in [0.15, 0.2) is 59.0 Å². The van der Waals surface area contributed by atoms with E-state index >= 15 is 0 Å². The fourth-order valence-electron chi connectivity index (χ4n) is 3.84. The fourth-order valence-corrected chi connectivity index (χ4v) is 3.84. The van der Waals surface area contributed by atoms with Gasteiger partial charge in [-0.15, -0.1) is 0 Å². The second-order valence-corrected chi connectivity index (χ2v) is 7.64. The number of amides is 2. The van der Waals surface area contributed by atoms with Crippen LogP contribution in [0.5, 0.6) is 0 Å². The van der Waals surface area contributed by atoms with Crippen LogP contribution in [-0.4, -0.2) is 36.3 Å². The third-order valence-electron chi connectivity index (χ3n) is 5.57. The maximum atomic E-state index is 13.1. The van der Waals surface area contributed by atoms with Crippen molar-refractivity contribution in [3.63, 3.8) is 0 Å². The Hall–Kier alpha value is -3.29. The molecule has 3 aromatic rings. The molecule has 2 heterocycles. The van der Waals surface area contributed by atoms with E-state index in [-0.39, 0.29) is 29.7 Å². The zero-order chi connectivity index (χ0) is 22.0. The molecule has 2 aromatic carbocycles. The SMILES string of the molecule is O=C(NCC1CCN(C(=O)c2cc3ccccc3o2)CC1)c1ccccc1C(F)(F)F. The van der Waals surface area contributed by atoms with Gasteiger partial charge in [-0.3, -0.25) is 9.59 Å². The Bertz CT molecular complexity index is 1070. The van der Waals surface area contributed by atoms with E-state index in [1.807, 2.05) is 18.2 Å². The summed E-state index contributed by atoms with van der Waals surface area (Å²) in [5.41, 5.74) is -0.672. The highest BCUT2D eigenvalue weighted by atomic mass is 19.4. The van der Waals surface area contributed by atoms with Gasteiger partial charge in [-0.05, 0) is 43.0 Å². The Balaban J connectivity index is 1.32. The summed E-state index contributed by atoms with van der Waals surface area (Å²) < 4.78 is 45.0. The van der Waals surface area contributed by atoms with Gasteiger partial charge >= 0.3 is 6.18 Å². The van der Waals surface area contributed by atoms with Crippen LogP contribution in [0.3, 0.4) is 0 Å². The molecule has 0 spiro atoms. The quantitative estimate of drug-likeness (QED) is 0.651. The number of hydrogen-bond donors (Lipinski definition) is 1. The van der Waals surface area contributed by atoms with Crippen molar-refractivity contribution in [2.24, 2.45) is 5.92 Å². The molecule has 1 fully saturated rings. The molecule has 1 aromatic heterocycles. The minimum absolute atomic E-state index is 0.0849. The lowest BCUT2D eigenvalue weighted by atomic mass is 9.96. The van der Waals surface area contributed by atoms with Crippen LogP contribution in [0.1, 0.15) is 39.3 Å². The third-order valence-corrected chi connectivity index (χ3v) is 5.57. The van der Waals surface area contributed by atoms with E-state index in [0.717, 1.165) is 11.5 Å². The van der Waals surface area contributed by atoms with Crippen molar-refractivity contribution in [2.45, 2.75) is 19.0 Å². The number of furan rings is 1. The van der Waals surface area contributed by atoms with Crippen LogP contribution >= 0.6 is 0 Å². The largest absolute Gasteiger partial charge is 0.451 e. The number of nitrogens with zero attached hydrogens (tertiary/aromatic N) is 1. The number of benzene rings is 2. The predicted octanol–water partition coefficient (Wildman–Crippen LogP) is 4.73. The van der Waals surface area contributed by atoms with Crippen LogP contribution in [0.2, 0.25) is 0 Å². The minimum atomic E-state index is -4.59. The van der Waals surface area contributed by atoms with Crippen molar-refractivity contribution in [3.8, 4) is 0 Å². The zero-order valence-corrected chi connectivity index (χ0v) is 16.6. The van der Waals surface area contributed by atoms with E-state index < -0.39 is 17.6 Å². The van der Waals surface area contributed by atoms with Gasteiger partial charge in [-0.2, -0.15) is 13.2 Å². The molecule has 0 saturated carbocycles. The number of alkyl halides is 3. The zero-order valence-electron chi connectivity index (χ0n) is 16.6. The maximum absolute atomic E-state index is 13.1. The highest BCUT2D eigenvalue weighted by Gasteiger charge is 2.35. The summed E-state index contributed by atoms with van der Waals surface area (Å²) in [6.45, 7) is 1.25. The Labute approximate surface area is 176 Å². The summed E-state index contributed by atoms with van der Waals surface area (Å²) in [6.07, 6.45) is -3.30. The van der Waals surface area contributed by atoms with E-state index in [1.165, 1.54) is 18.2 Å². The highest BCUT2D eigenvalue weighted by molar-refractivity contribution is 5.96. The van der Waals surface area contributed by atoms with E-state index in [1.54, 1.807) is 17.0 Å². The molecule has 1 N–H and O–H groups in total. The number of hydrogen-bond acceptors (Lipinski definition) is 3. The molecule has 0 radical (unpaired) electrons. The number of nitrogens with one attached hydrogen (secondary N) is 1. The first-order valence-electron chi connectivity index (χ1n) is 10.0. The molecular weight excluding hydrogens is 409 g/mol. The van der Waals surface area contributed by atoms with Crippen molar-refractivity contribution in [1.29, 1.82) is 0 Å². The summed E-state index contributed by atoms with van der Waals surface area (Å²) >= 11 is 0. The average Bonchev–Trinajstić information content (AvgIpc) is 3.21. The van der Waals surface area contributed by atoms with Gasteiger partial charge in [-0.25, -0.2) is 0 Å². The molecule has 8 heteroatoms. The van der Waals surface area contributed by atoms with Crippen LogP contribution in [0.25, 0.3) is 11.0 Å². The van der Waals surface area contributed by atoms with E-state index in [2.05, 4.69) is 5.32 Å². The molecule has 0 aliphatic carbocycles. The summed E-state index contributed by atoms with van der Waals surface area (Å²) in [5, 5.41) is 3.48. The number of piperidine rings is 1. The first kappa shape index (κ1) is 21.0. The second-order valence-electron chi connectivity index (χ2n) is 7.64. The molecule has 4 rings (SSSR count). The smallest absolute Gasteiger partial charge is 0.417 e. The van der Waals surface area contributed by atoms with Gasteiger partial charge in [0.15, 0.2) is 5.76 Å². The topological polar surface area (TPSA) is 62.6 Å². The molecular formula is C23H21F3N2O3. The van der Waals surface area contributed by atoms with Crippen molar-refractivity contribution in [2.75, 3.05) is 19.6 Å². The van der Waals surface area contributed by atoms with E-state index in [0.29, 0.717) is 31.5 Å². The van der Waals surface area contributed by atoms with Crippen LogP contribution in [-0.2, 0) is 6.18 Å². The summed E-state index contributed by atoms with van der Waals surface area (Å²) in [5.74, 6) is -0.551. The van der Waals surface area contributed by atoms with Gasteiger partial charge in [-0.1, -0.05) is 30.3 Å². The van der Waals surface area contributed by atoms with Crippen LogP contribution < -0.4 is 5.32 Å². The average molecular weight is 430 g/mol. The monoisotopic (exact) mass is 430 g/mol. The molecule has 1 aliphatic rings. The number of halogens is 3. The van der Waals surface area contributed by atoms with Crippen molar-refractivity contribution < 1.29 is 27.2 Å². The standard InChI is InChI=1S/C23H21F3N2O3/c24-23(25,26)18-7-3-2-6-17(18)21(29)27-14-15-9-11-28(12-10-15)22(30)20-13-16-5-1-4-8-19(16)31-20/h1-8,13,15H,9-12,14H2,(H,27,29). The molecule has 31 heavy (non-hydrogen) atoms. The van der Waals surface area contributed by atoms with Crippen molar-refractivity contribution in [3.05, 3.63) is 71.5 Å². The number of carbonyl (C=O) groups excluding carboxylic acids is 2. The molecule has 2 amide bonds. The Kier molecular flexibility index (Phi) is 5.71. The summed E-state index contributed by atoms with van der Waals surface area (Å²) in [4.78, 5) is 26.7. The Morgan fingerprint density at radius 2 is 1.71 bits per heavy atom. The molecule has 5 nitrogen and oxygen atoms in total. The molecule has 0 unspecified atom stereocenters. The second kappa shape index (κ2) is 8.45. The van der Waals surface area contributed by atoms with Gasteiger partial charge in [0.2, 0.25) is 0 Å². The van der Waals surface area contributed by atoms with Gasteiger partial charge in [0.05, 0.1) is 11.1 Å². The van der Waals surface area contributed by atoms with Gasteiger partial charge < -0.3 is 14.6 Å². The number of rotatable bonds is 4. The normalized spacial score (nSPS) is 15.3. The van der Waals surface area contributed by atoms with E-state index in [9.17, 15) is 22.8 Å². The number of para-hydroxylation sites is 1. The van der Waals surface area contributed by atoms with Gasteiger partial charge in [0.1, 0.15) is 5.58 Å². The van der Waals surface area contributed by atoms with Crippen LogP contribution in [0.4, 0.5) is 13.2 Å². The Morgan fingerprint density at radius 1 is 1.03 bits per heavy atom. The lowest BCUT2D eigenvalue weighted by Gasteiger charge is -2.31. The first-order valence-corrected chi connectivity index (χ1v) is 10.0. The highest BCUT2D eigenvalue weighted by Crippen LogP contribution is 2.32. The third kappa shape index (κ3) is 4.57. The Morgan fingerprint density at radius 3 is 2.42 bits per heavy atom. The van der Waals surface area contributed by atoms with Crippen molar-refractivity contribution in [1.82, 2.24) is 10.2 Å². The van der Waals surface area contributed by atoms with Gasteiger partial charge in [0, 0.05) is 25.0 Å². The summed E-state index contributed by atoms with van der Waals surface area (Å²) in [7, 11) is 0. The maximum Gasteiger partial charge on any atom is 0.417 e. The molecule has 0 atom stereocenters. The molecule has 1 saturated heterocycles. The number of carbonyl (C=O) groups is 2. The van der Waals surface area contributed by atoms with Crippen LogP contribution in [0, 0.1) is 5.92 Å². The number of likely N-dealkylation sites (tertiary alicyclic amines) is 1. The van der Waals surface area contributed by atoms with Crippen molar-refractivity contribution >= 4 is 22.8 Å². The number of fused-ring (bicyclic) bond motifs is 1. The molecule has 1 aliphatic heterocycles. The van der Waals surface area contributed by atoms with E-state index in [4.69, 9.17) is 4.42 Å². The lowest BCUT2D eigenvalue weighted by Crippen LogP contribution is -2.41. The van der Waals surface area contributed by atoms with Gasteiger partial charge in [0.25, 0.3) is 11.8 Å².